The lowest BCUT2D eigenvalue weighted by atomic mass is 10.1. The zero-order chi connectivity index (χ0) is 17.0. The molecule has 0 aromatic heterocycles. The maximum atomic E-state index is 5.73. The van der Waals surface area contributed by atoms with Crippen LogP contribution in [0.4, 0.5) is 0 Å². The summed E-state index contributed by atoms with van der Waals surface area (Å²) >= 11 is 0. The maximum Gasteiger partial charge on any atom is 0.193 e. The summed E-state index contributed by atoms with van der Waals surface area (Å²) in [5.41, 5.74) is 1.28. The van der Waals surface area contributed by atoms with Gasteiger partial charge in [-0.2, -0.15) is 0 Å². The Bertz CT molecular complexity index is 479. The molecular weight excluding hydrogens is 429 g/mol. The molecule has 1 saturated heterocycles. The molecule has 0 spiro atoms. The van der Waals surface area contributed by atoms with E-state index in [4.69, 9.17) is 14.5 Å². The van der Waals surface area contributed by atoms with Crippen LogP contribution in [0.5, 0.6) is 0 Å². The van der Waals surface area contributed by atoms with Crippen molar-refractivity contribution < 1.29 is 9.47 Å². The molecule has 1 fully saturated rings. The molecule has 1 aliphatic rings. The number of benzene rings is 1. The van der Waals surface area contributed by atoms with Gasteiger partial charge in [-0.25, -0.2) is 0 Å². The second kappa shape index (κ2) is 13.4. The lowest BCUT2D eigenvalue weighted by Gasteiger charge is -2.22. The third-order valence-corrected chi connectivity index (χ3v) is 4.04. The lowest BCUT2D eigenvalue weighted by molar-refractivity contribution is 0.0893. The van der Waals surface area contributed by atoms with E-state index in [9.17, 15) is 0 Å². The van der Waals surface area contributed by atoms with Gasteiger partial charge in [0, 0.05) is 45.8 Å². The zero-order valence-electron chi connectivity index (χ0n) is 15.4. The van der Waals surface area contributed by atoms with Gasteiger partial charge < -0.3 is 19.7 Å². The van der Waals surface area contributed by atoms with Crippen molar-refractivity contribution in [3.8, 4) is 0 Å². The van der Waals surface area contributed by atoms with Gasteiger partial charge in [0.2, 0.25) is 0 Å². The molecule has 1 aliphatic heterocycles. The summed E-state index contributed by atoms with van der Waals surface area (Å²) in [5.74, 6) is 1.54. The van der Waals surface area contributed by atoms with Gasteiger partial charge in [-0.15, -0.1) is 24.0 Å². The maximum absolute atomic E-state index is 5.73. The lowest BCUT2D eigenvalue weighted by Crippen LogP contribution is -2.38. The minimum Gasteiger partial charge on any atom is -0.381 e. The SMILES string of the molecule is CCNC(=NCCCOCC1CCOC1)N(C)Cc1ccccc1.I. The van der Waals surface area contributed by atoms with Gasteiger partial charge in [-0.3, -0.25) is 4.99 Å². The van der Waals surface area contributed by atoms with E-state index in [-0.39, 0.29) is 24.0 Å². The Labute approximate surface area is 169 Å². The van der Waals surface area contributed by atoms with E-state index < -0.39 is 0 Å². The Balaban J connectivity index is 0.00000312. The van der Waals surface area contributed by atoms with Crippen LogP contribution in [0.3, 0.4) is 0 Å². The van der Waals surface area contributed by atoms with Crippen LogP contribution in [-0.2, 0) is 16.0 Å². The molecule has 2 rings (SSSR count). The number of ether oxygens (including phenoxy) is 2. The van der Waals surface area contributed by atoms with Crippen LogP contribution < -0.4 is 5.32 Å². The van der Waals surface area contributed by atoms with Gasteiger partial charge in [0.15, 0.2) is 5.96 Å². The summed E-state index contributed by atoms with van der Waals surface area (Å²) in [6.07, 6.45) is 2.08. The third kappa shape index (κ3) is 8.87. The Kier molecular flexibility index (Phi) is 11.9. The Morgan fingerprint density at radius 2 is 2.16 bits per heavy atom. The first-order valence-electron chi connectivity index (χ1n) is 8.98. The van der Waals surface area contributed by atoms with E-state index in [0.717, 1.165) is 64.9 Å². The molecule has 1 aromatic rings. The summed E-state index contributed by atoms with van der Waals surface area (Å²) in [5, 5.41) is 3.36. The van der Waals surface area contributed by atoms with Gasteiger partial charge >= 0.3 is 0 Å². The Morgan fingerprint density at radius 3 is 2.84 bits per heavy atom. The molecular formula is C19H32IN3O2. The fourth-order valence-corrected chi connectivity index (χ4v) is 2.72. The predicted molar refractivity (Wildman–Crippen MR) is 114 cm³/mol. The minimum atomic E-state index is 0. The van der Waals surface area contributed by atoms with E-state index in [0.29, 0.717) is 5.92 Å². The van der Waals surface area contributed by atoms with Crippen molar-refractivity contribution in [2.75, 3.05) is 46.6 Å². The van der Waals surface area contributed by atoms with Gasteiger partial charge in [0.25, 0.3) is 0 Å². The third-order valence-electron chi connectivity index (χ3n) is 4.04. The first kappa shape index (κ1) is 22.2. The highest BCUT2D eigenvalue weighted by Gasteiger charge is 2.15. The van der Waals surface area contributed by atoms with Crippen LogP contribution in [-0.4, -0.2) is 57.4 Å². The summed E-state index contributed by atoms with van der Waals surface area (Å²) < 4.78 is 11.1. The second-order valence-electron chi connectivity index (χ2n) is 6.24. The van der Waals surface area contributed by atoms with E-state index >= 15 is 0 Å². The van der Waals surface area contributed by atoms with Gasteiger partial charge in [0.05, 0.1) is 13.2 Å². The molecule has 1 unspecified atom stereocenters. The minimum absolute atomic E-state index is 0. The van der Waals surface area contributed by atoms with Crippen LogP contribution >= 0.6 is 24.0 Å². The topological polar surface area (TPSA) is 46.1 Å². The Morgan fingerprint density at radius 1 is 1.36 bits per heavy atom. The van der Waals surface area contributed by atoms with Crippen molar-refractivity contribution in [2.24, 2.45) is 10.9 Å². The van der Waals surface area contributed by atoms with E-state index in [2.05, 4.69) is 48.5 Å². The fraction of sp³-hybridized carbons (Fsp3) is 0.632. The zero-order valence-corrected chi connectivity index (χ0v) is 17.8. The molecule has 25 heavy (non-hydrogen) atoms. The normalized spacial score (nSPS) is 17.2. The second-order valence-corrected chi connectivity index (χ2v) is 6.24. The van der Waals surface area contributed by atoms with Crippen molar-refractivity contribution in [1.82, 2.24) is 10.2 Å². The molecule has 1 heterocycles. The van der Waals surface area contributed by atoms with Crippen molar-refractivity contribution >= 4 is 29.9 Å². The molecule has 1 atom stereocenters. The Hall–Kier alpha value is -0.860. The number of aliphatic imine (C=N–C) groups is 1. The molecule has 6 heteroatoms. The average Bonchev–Trinajstić information content (AvgIpc) is 3.11. The first-order valence-corrected chi connectivity index (χ1v) is 8.98. The summed E-state index contributed by atoms with van der Waals surface area (Å²) in [6.45, 7) is 7.92. The quantitative estimate of drug-likeness (QED) is 0.266. The van der Waals surface area contributed by atoms with Crippen molar-refractivity contribution in [3.63, 3.8) is 0 Å². The molecule has 0 aliphatic carbocycles. The fourth-order valence-electron chi connectivity index (χ4n) is 2.72. The van der Waals surface area contributed by atoms with E-state index in [1.807, 2.05) is 6.07 Å². The first-order chi connectivity index (χ1) is 11.8. The summed E-state index contributed by atoms with van der Waals surface area (Å²) in [7, 11) is 2.07. The molecule has 0 amide bonds. The molecule has 0 radical (unpaired) electrons. The van der Waals surface area contributed by atoms with Crippen LogP contribution in [0.1, 0.15) is 25.3 Å². The number of halogens is 1. The largest absolute Gasteiger partial charge is 0.381 e. The van der Waals surface area contributed by atoms with Crippen LogP contribution in [0.15, 0.2) is 35.3 Å². The molecule has 1 aromatic carbocycles. The van der Waals surface area contributed by atoms with Gasteiger partial charge in [-0.1, -0.05) is 30.3 Å². The molecule has 1 N–H and O–H groups in total. The molecule has 142 valence electrons. The van der Waals surface area contributed by atoms with Gasteiger partial charge in [-0.05, 0) is 25.3 Å². The predicted octanol–water partition coefficient (Wildman–Crippen LogP) is 3.15. The van der Waals surface area contributed by atoms with Crippen LogP contribution in [0.2, 0.25) is 0 Å². The molecule has 0 saturated carbocycles. The summed E-state index contributed by atoms with van der Waals surface area (Å²) in [6, 6.07) is 10.5. The molecule has 5 nitrogen and oxygen atoms in total. The van der Waals surface area contributed by atoms with Crippen LogP contribution in [0, 0.1) is 5.92 Å². The standard InChI is InChI=1S/C19H31N3O2.HI/c1-3-20-19(22(2)14-17-8-5-4-6-9-17)21-11-7-12-23-15-18-10-13-24-16-18;/h4-6,8-9,18H,3,7,10-16H2,1-2H3,(H,20,21);1H. The highest BCUT2D eigenvalue weighted by molar-refractivity contribution is 14.0. The average molecular weight is 461 g/mol. The molecule has 0 bridgehead atoms. The van der Waals surface area contributed by atoms with E-state index in [1.54, 1.807) is 0 Å². The number of guanidine groups is 1. The van der Waals surface area contributed by atoms with Crippen molar-refractivity contribution in [2.45, 2.75) is 26.3 Å². The van der Waals surface area contributed by atoms with Crippen molar-refractivity contribution in [3.05, 3.63) is 35.9 Å². The summed E-state index contributed by atoms with van der Waals surface area (Å²) in [4.78, 5) is 6.87. The number of nitrogens with zero attached hydrogens (tertiary/aromatic N) is 2. The number of hydrogen-bond donors (Lipinski definition) is 1. The number of rotatable bonds is 9. The highest BCUT2D eigenvalue weighted by Crippen LogP contribution is 2.12. The smallest absolute Gasteiger partial charge is 0.193 e. The number of hydrogen-bond acceptors (Lipinski definition) is 3. The van der Waals surface area contributed by atoms with Crippen molar-refractivity contribution in [1.29, 1.82) is 0 Å². The number of nitrogens with one attached hydrogen (secondary N) is 1. The van der Waals surface area contributed by atoms with Crippen LogP contribution in [0.25, 0.3) is 0 Å². The van der Waals surface area contributed by atoms with E-state index in [1.165, 1.54) is 5.56 Å². The monoisotopic (exact) mass is 461 g/mol. The highest BCUT2D eigenvalue weighted by atomic mass is 127. The van der Waals surface area contributed by atoms with Gasteiger partial charge in [0.1, 0.15) is 0 Å².